The average molecular weight is 1090 g/mol. The van der Waals surface area contributed by atoms with E-state index in [4.69, 9.17) is 28.4 Å². The van der Waals surface area contributed by atoms with Gasteiger partial charge in [0.2, 0.25) is 12.0 Å². The van der Waals surface area contributed by atoms with Gasteiger partial charge < -0.3 is 54.2 Å². The van der Waals surface area contributed by atoms with Crippen LogP contribution in [0.2, 0.25) is 0 Å². The minimum Gasteiger partial charge on any atom is -0.455 e. The maximum absolute atomic E-state index is 15.8. The second kappa shape index (κ2) is 24.4. The van der Waals surface area contributed by atoms with Crippen molar-refractivity contribution in [1.82, 2.24) is 15.5 Å². The van der Waals surface area contributed by atoms with Crippen LogP contribution in [0.3, 0.4) is 0 Å². The number of esters is 5. The Labute approximate surface area is 454 Å². The van der Waals surface area contributed by atoms with Crippen LogP contribution in [0, 0.1) is 16.7 Å². The van der Waals surface area contributed by atoms with Crippen molar-refractivity contribution in [3.8, 4) is 0 Å². The predicted molar refractivity (Wildman–Crippen MR) is 279 cm³/mol. The third-order valence-electron chi connectivity index (χ3n) is 15.6. The molecule has 3 aromatic rings. The molecule has 1 saturated heterocycles. The summed E-state index contributed by atoms with van der Waals surface area (Å²) in [5.74, 6) is -8.30. The van der Waals surface area contributed by atoms with Gasteiger partial charge in [0.15, 0.2) is 17.5 Å². The fraction of sp³-hybridized carbons (Fsp3) is 0.509. The lowest BCUT2D eigenvalue weighted by Gasteiger charge is -2.67. The third kappa shape index (κ3) is 12.1. The molecule has 3 aliphatic carbocycles. The van der Waals surface area contributed by atoms with E-state index in [0.29, 0.717) is 18.5 Å². The van der Waals surface area contributed by atoms with E-state index in [-0.39, 0.29) is 72.9 Å². The van der Waals surface area contributed by atoms with Crippen LogP contribution in [0.4, 0.5) is 0 Å². The summed E-state index contributed by atoms with van der Waals surface area (Å²) in [5, 5.41) is 31.9. The fourth-order valence-corrected chi connectivity index (χ4v) is 11.6. The number of nitrogens with one attached hydrogen (secondary N) is 2. The van der Waals surface area contributed by atoms with E-state index in [1.807, 2.05) is 19.0 Å². The quantitative estimate of drug-likeness (QED) is 0.0536. The summed E-state index contributed by atoms with van der Waals surface area (Å²) in [6.45, 7) is 9.04. The molecule has 0 aromatic heterocycles. The zero-order valence-corrected chi connectivity index (χ0v) is 45.4. The average Bonchev–Trinajstić information content (AvgIpc) is 3.49. The smallest absolute Gasteiger partial charge is 0.350 e. The number of nitrogens with zero attached hydrogens (tertiary/aromatic N) is 1. The minimum absolute atomic E-state index is 0. The molecular weight excluding hydrogens is 1020 g/mol. The third-order valence-corrected chi connectivity index (χ3v) is 15.6. The van der Waals surface area contributed by atoms with Crippen LogP contribution < -0.4 is 10.6 Å². The largest absolute Gasteiger partial charge is 0.455 e. The fourth-order valence-electron chi connectivity index (χ4n) is 11.6. The van der Waals surface area contributed by atoms with Crippen LogP contribution in [-0.4, -0.2) is 144 Å². The molecule has 2 saturated carbocycles. The van der Waals surface area contributed by atoms with E-state index < -0.39 is 119 Å². The van der Waals surface area contributed by atoms with Gasteiger partial charge in [0.1, 0.15) is 30.0 Å². The molecule has 1 aliphatic heterocycles. The standard InChI is InChI=1S/C57H69N3O16.ClH/c1-33-39(73-53(69)47(74-43(65)27-18-26-42(64)58-28-19-29-60(7)8)45(36-20-12-9-13-21-36)59-51(67)37-22-14-10-15-23-37)31-57(70)50(75-52(68)38-24-16-11-17-25-38)48-55(6,40(63)30-41-56(48,32-71-41)76-35(3)62)49(66)46(72-34(2)61)44(33)54(57,4)5;/h9-17,20-25,39-41,45-48,50,63,70H,18-19,26-32H2,1-8H3,(H,58,64)(H,59,67);1H. The number of halogens is 1. The summed E-state index contributed by atoms with van der Waals surface area (Å²) >= 11 is 0. The molecular formula is C57H70ClN3O16. The van der Waals surface area contributed by atoms with Crippen molar-refractivity contribution in [2.75, 3.05) is 33.8 Å². The Kier molecular flexibility index (Phi) is 19.0. The first-order valence-corrected chi connectivity index (χ1v) is 25.6. The van der Waals surface area contributed by atoms with Crippen molar-refractivity contribution in [3.05, 3.63) is 119 Å². The zero-order chi connectivity index (χ0) is 55.3. The van der Waals surface area contributed by atoms with Crippen LogP contribution in [-0.2, 0) is 57.2 Å². The number of hydrogen-bond acceptors (Lipinski definition) is 17. The number of hydrogen-bond donors (Lipinski definition) is 4. The minimum atomic E-state index is -2.48. The van der Waals surface area contributed by atoms with Gasteiger partial charge in [-0.25, -0.2) is 9.59 Å². The van der Waals surface area contributed by atoms with Gasteiger partial charge in [-0.3, -0.25) is 28.8 Å². The summed E-state index contributed by atoms with van der Waals surface area (Å²) < 4.78 is 36.9. The molecule has 11 atom stereocenters. The first-order valence-electron chi connectivity index (χ1n) is 25.6. The Bertz CT molecular complexity index is 2700. The number of carbonyl (C=O) groups excluding carboxylic acids is 8. The molecule has 7 rings (SSSR count). The molecule has 3 fully saturated rings. The number of ketones is 1. The molecule has 20 heteroatoms. The normalized spacial score (nSPS) is 27.7. The second-order valence-electron chi connectivity index (χ2n) is 21.2. The van der Waals surface area contributed by atoms with Gasteiger partial charge in [0.25, 0.3) is 5.91 Å². The molecule has 77 heavy (non-hydrogen) atoms. The highest BCUT2D eigenvalue weighted by molar-refractivity contribution is 5.96. The molecule has 4 aliphatic rings. The maximum Gasteiger partial charge on any atom is 0.350 e. The number of aliphatic hydroxyl groups is 2. The highest BCUT2D eigenvalue weighted by Gasteiger charge is 2.78. The molecule has 2 amide bonds. The topological polar surface area (TPSA) is 260 Å². The number of fused-ring (bicyclic) bond motifs is 5. The molecule has 2 bridgehead atoms. The monoisotopic (exact) mass is 1090 g/mol. The van der Waals surface area contributed by atoms with Crippen LogP contribution in [0.5, 0.6) is 0 Å². The predicted octanol–water partition coefficient (Wildman–Crippen LogP) is 4.95. The van der Waals surface area contributed by atoms with Crippen LogP contribution in [0.15, 0.2) is 102 Å². The summed E-state index contributed by atoms with van der Waals surface area (Å²) in [6.07, 6.45) is -10.5. The second-order valence-corrected chi connectivity index (χ2v) is 21.2. The Balaban J connectivity index is 0.00000961. The number of amides is 2. The number of Topliss-reactive ketones (excluding diaryl/α,β-unsaturated/α-hetero) is 1. The summed E-state index contributed by atoms with van der Waals surface area (Å²) in [7, 11) is 3.84. The Morgan fingerprint density at radius 1 is 0.818 bits per heavy atom. The van der Waals surface area contributed by atoms with Gasteiger partial charge in [-0.15, -0.1) is 12.4 Å². The van der Waals surface area contributed by atoms with E-state index in [1.54, 1.807) is 92.7 Å². The van der Waals surface area contributed by atoms with Crippen molar-refractivity contribution in [2.45, 2.75) is 134 Å². The Morgan fingerprint density at radius 2 is 1.43 bits per heavy atom. The van der Waals surface area contributed by atoms with E-state index in [2.05, 4.69) is 10.6 Å². The van der Waals surface area contributed by atoms with Gasteiger partial charge in [-0.1, -0.05) is 80.6 Å². The molecule has 1 heterocycles. The lowest BCUT2D eigenvalue weighted by molar-refractivity contribution is -0.346. The first-order chi connectivity index (χ1) is 36.0. The highest BCUT2D eigenvalue weighted by Crippen LogP contribution is 2.64. The van der Waals surface area contributed by atoms with E-state index in [9.17, 15) is 39.0 Å². The lowest BCUT2D eigenvalue weighted by Crippen LogP contribution is -2.82. The number of ether oxygens (including phenoxy) is 6. The van der Waals surface area contributed by atoms with Crippen molar-refractivity contribution in [3.63, 3.8) is 0 Å². The molecule has 3 aromatic carbocycles. The van der Waals surface area contributed by atoms with Crippen LogP contribution in [0.1, 0.15) is 112 Å². The maximum atomic E-state index is 15.8. The molecule has 11 unspecified atom stereocenters. The van der Waals surface area contributed by atoms with Gasteiger partial charge in [-0.05, 0) is 88.3 Å². The lowest BCUT2D eigenvalue weighted by atomic mass is 9.44. The van der Waals surface area contributed by atoms with Gasteiger partial charge in [-0.2, -0.15) is 0 Å². The number of carbonyl (C=O) groups is 8. The molecule has 416 valence electrons. The highest BCUT2D eigenvalue weighted by atomic mass is 35.5. The van der Waals surface area contributed by atoms with Crippen LogP contribution >= 0.6 is 12.4 Å². The van der Waals surface area contributed by atoms with Crippen molar-refractivity contribution in [2.24, 2.45) is 16.7 Å². The number of benzene rings is 3. The summed E-state index contributed by atoms with van der Waals surface area (Å²) in [6, 6.07) is 22.7. The van der Waals surface area contributed by atoms with E-state index in [0.717, 1.165) is 20.4 Å². The molecule has 4 N–H and O–H groups in total. The Hall–Kier alpha value is -6.51. The van der Waals surface area contributed by atoms with E-state index >= 15 is 9.59 Å². The Morgan fingerprint density at radius 3 is 2.00 bits per heavy atom. The van der Waals surface area contributed by atoms with E-state index in [1.165, 1.54) is 26.0 Å². The summed E-state index contributed by atoms with van der Waals surface area (Å²) in [5.41, 5.74) is -7.53. The molecule has 19 nitrogen and oxygen atoms in total. The van der Waals surface area contributed by atoms with Crippen molar-refractivity contribution in [1.29, 1.82) is 0 Å². The van der Waals surface area contributed by atoms with Crippen molar-refractivity contribution >= 4 is 59.9 Å². The number of rotatable bonds is 19. The SMILES string of the molecule is CC(=O)OC1C(=O)C2(C)C(O)CC3OCC3(OC(C)=O)C2C(OC(=O)c2ccccc2)C2(O)CC(OC(=O)C(OC(=O)CCCC(=O)NCCCN(C)C)C(NC(=O)c3ccccc3)c3ccccc3)C(C)=C1C2(C)C.Cl. The van der Waals surface area contributed by atoms with Gasteiger partial charge >= 0.3 is 29.8 Å². The summed E-state index contributed by atoms with van der Waals surface area (Å²) in [4.78, 5) is 115. The molecule has 0 spiro atoms. The van der Waals surface area contributed by atoms with Gasteiger partial charge in [0, 0.05) is 57.1 Å². The van der Waals surface area contributed by atoms with Crippen LogP contribution in [0.25, 0.3) is 0 Å². The number of aliphatic hydroxyl groups excluding tert-OH is 1. The molecule has 0 radical (unpaired) electrons. The van der Waals surface area contributed by atoms with Crippen molar-refractivity contribution < 1.29 is 77.0 Å². The zero-order valence-electron chi connectivity index (χ0n) is 44.6. The first kappa shape index (κ1) is 59.7. The van der Waals surface area contributed by atoms with Gasteiger partial charge in [0.05, 0.1) is 29.6 Å².